The average molecular weight is 546 g/mol. The lowest BCUT2D eigenvalue weighted by Crippen LogP contribution is -2.10. The van der Waals surface area contributed by atoms with Crippen molar-refractivity contribution in [2.24, 2.45) is 0 Å². The van der Waals surface area contributed by atoms with Gasteiger partial charge in [0.25, 0.3) is 0 Å². The first-order chi connectivity index (χ1) is 21.2. The van der Waals surface area contributed by atoms with Gasteiger partial charge < -0.3 is 4.90 Å². The Morgan fingerprint density at radius 2 is 1.02 bits per heavy atom. The number of nitriles is 2. The van der Waals surface area contributed by atoms with Crippen LogP contribution in [0.1, 0.15) is 5.56 Å². The smallest absolute Gasteiger partial charge is 0.130 e. The predicted octanol–water partition coefficient (Wildman–Crippen LogP) is 10.8. The molecule has 0 radical (unpaired) electrons. The fourth-order valence-corrected chi connectivity index (χ4v) is 6.46. The number of fused-ring (bicyclic) bond motifs is 2. The van der Waals surface area contributed by atoms with E-state index in [1.165, 1.54) is 32.3 Å². The van der Waals surface area contributed by atoms with Gasteiger partial charge in [-0.1, -0.05) is 91.0 Å². The van der Waals surface area contributed by atoms with E-state index in [9.17, 15) is 10.5 Å². The van der Waals surface area contributed by atoms with E-state index < -0.39 is 0 Å². The Morgan fingerprint density at radius 3 is 1.70 bits per heavy atom. The zero-order chi connectivity index (χ0) is 28.9. The molecule has 198 valence electrons. The Balaban J connectivity index is 1.38. The van der Waals surface area contributed by atoms with E-state index in [-0.39, 0.29) is 5.57 Å². The highest BCUT2D eigenvalue weighted by Gasteiger charge is 2.18. The SMILES string of the molecule is N#CC(C#N)=Cc1cc2ccc3cc(N(c4ccc5ccccc5c4)c4cccc5ccccc45)cc4ccc(c1)c2c34. The minimum Gasteiger partial charge on any atom is -0.310 e. The Morgan fingerprint density at radius 1 is 0.488 bits per heavy atom. The van der Waals surface area contributed by atoms with E-state index in [1.807, 2.05) is 12.1 Å². The molecule has 8 aromatic rings. The number of rotatable bonds is 4. The third-order valence-corrected chi connectivity index (χ3v) is 8.35. The van der Waals surface area contributed by atoms with Crippen molar-refractivity contribution in [1.29, 1.82) is 10.5 Å². The summed E-state index contributed by atoms with van der Waals surface area (Å²) < 4.78 is 0. The molecule has 0 spiro atoms. The summed E-state index contributed by atoms with van der Waals surface area (Å²) in [5.41, 5.74) is 4.27. The van der Waals surface area contributed by atoms with Gasteiger partial charge >= 0.3 is 0 Å². The van der Waals surface area contributed by atoms with Crippen molar-refractivity contribution in [3.8, 4) is 12.1 Å². The van der Waals surface area contributed by atoms with Crippen LogP contribution in [-0.2, 0) is 0 Å². The van der Waals surface area contributed by atoms with Crippen molar-refractivity contribution >= 4 is 77.0 Å². The van der Waals surface area contributed by atoms with Crippen LogP contribution in [0.15, 0.2) is 139 Å². The molecule has 0 aliphatic rings. The summed E-state index contributed by atoms with van der Waals surface area (Å²) in [7, 11) is 0. The molecule has 0 bridgehead atoms. The van der Waals surface area contributed by atoms with Crippen LogP contribution in [0.2, 0.25) is 0 Å². The first kappa shape index (κ1) is 24.6. The highest BCUT2D eigenvalue weighted by atomic mass is 15.1. The maximum Gasteiger partial charge on any atom is 0.130 e. The van der Waals surface area contributed by atoms with E-state index in [0.29, 0.717) is 0 Å². The van der Waals surface area contributed by atoms with E-state index in [1.54, 1.807) is 6.08 Å². The van der Waals surface area contributed by atoms with E-state index in [0.717, 1.165) is 44.2 Å². The van der Waals surface area contributed by atoms with Gasteiger partial charge in [0.1, 0.15) is 17.7 Å². The maximum atomic E-state index is 9.27. The fourth-order valence-electron chi connectivity index (χ4n) is 6.46. The lowest BCUT2D eigenvalue weighted by Gasteiger charge is -2.28. The minimum absolute atomic E-state index is 0.0969. The van der Waals surface area contributed by atoms with Crippen LogP contribution in [0.5, 0.6) is 0 Å². The van der Waals surface area contributed by atoms with Gasteiger partial charge in [-0.25, -0.2) is 0 Å². The standard InChI is InChI=1S/C40H23N3/c41-24-27(25-42)18-26-19-31-12-14-33-22-36(23-34-15-13-32(20-26)39(31)40(33)34)43(35-17-16-28-6-1-2-8-30(28)21-35)38-11-5-9-29-7-3-4-10-37(29)38/h1-23H. The topological polar surface area (TPSA) is 50.8 Å². The van der Waals surface area contributed by atoms with E-state index in [2.05, 4.69) is 138 Å². The third-order valence-electron chi connectivity index (χ3n) is 8.35. The van der Waals surface area contributed by atoms with Crippen LogP contribution in [0.3, 0.4) is 0 Å². The molecule has 43 heavy (non-hydrogen) atoms. The summed E-state index contributed by atoms with van der Waals surface area (Å²) in [6.07, 6.45) is 1.65. The molecule has 0 N–H and O–H groups in total. The molecule has 0 saturated heterocycles. The average Bonchev–Trinajstić information content (AvgIpc) is 3.06. The van der Waals surface area contributed by atoms with Crippen LogP contribution < -0.4 is 4.90 Å². The molecule has 0 fully saturated rings. The summed E-state index contributed by atoms with van der Waals surface area (Å²) in [5.74, 6) is 0. The number of nitrogens with zero attached hydrogens (tertiary/aromatic N) is 3. The predicted molar refractivity (Wildman–Crippen MR) is 179 cm³/mol. The normalized spacial score (nSPS) is 11.2. The first-order valence-electron chi connectivity index (χ1n) is 14.2. The number of benzene rings is 8. The fraction of sp³-hybridized carbons (Fsp3) is 0. The van der Waals surface area contributed by atoms with Crippen molar-refractivity contribution in [1.82, 2.24) is 0 Å². The summed E-state index contributed by atoms with van der Waals surface area (Å²) in [5, 5.41) is 30.2. The van der Waals surface area contributed by atoms with Gasteiger partial charge in [0.05, 0.1) is 5.69 Å². The molecule has 0 aromatic heterocycles. The van der Waals surface area contributed by atoms with Gasteiger partial charge in [0, 0.05) is 16.8 Å². The van der Waals surface area contributed by atoms with Crippen molar-refractivity contribution < 1.29 is 0 Å². The highest BCUT2D eigenvalue weighted by Crippen LogP contribution is 2.44. The summed E-state index contributed by atoms with van der Waals surface area (Å²) in [4.78, 5) is 2.37. The Kier molecular flexibility index (Phi) is 5.58. The largest absolute Gasteiger partial charge is 0.310 e. The van der Waals surface area contributed by atoms with Crippen LogP contribution in [0, 0.1) is 22.7 Å². The molecular formula is C40H23N3. The van der Waals surface area contributed by atoms with E-state index in [4.69, 9.17) is 0 Å². The van der Waals surface area contributed by atoms with Gasteiger partial charge in [0.2, 0.25) is 0 Å². The number of hydrogen-bond acceptors (Lipinski definition) is 3. The van der Waals surface area contributed by atoms with Gasteiger partial charge in [-0.05, 0) is 103 Å². The van der Waals surface area contributed by atoms with Crippen molar-refractivity contribution in [3.63, 3.8) is 0 Å². The molecule has 0 aliphatic heterocycles. The molecule has 3 heteroatoms. The zero-order valence-corrected chi connectivity index (χ0v) is 23.1. The summed E-state index contributed by atoms with van der Waals surface area (Å²) in [6.45, 7) is 0. The van der Waals surface area contributed by atoms with Crippen LogP contribution in [0.4, 0.5) is 17.1 Å². The Bertz CT molecular complexity index is 2400. The van der Waals surface area contributed by atoms with Crippen molar-refractivity contribution in [3.05, 3.63) is 145 Å². The second-order valence-electron chi connectivity index (χ2n) is 10.9. The van der Waals surface area contributed by atoms with Crippen LogP contribution in [-0.4, -0.2) is 0 Å². The monoisotopic (exact) mass is 545 g/mol. The lowest BCUT2D eigenvalue weighted by atomic mass is 9.92. The molecule has 0 heterocycles. The van der Waals surface area contributed by atoms with E-state index >= 15 is 0 Å². The molecule has 0 atom stereocenters. The Hall–Kier alpha value is -6.16. The maximum absolute atomic E-state index is 9.27. The molecule has 0 amide bonds. The molecular weight excluding hydrogens is 522 g/mol. The summed E-state index contributed by atoms with van der Waals surface area (Å²) in [6, 6.07) is 51.5. The second kappa shape index (κ2) is 9.74. The zero-order valence-electron chi connectivity index (χ0n) is 23.1. The molecule has 0 aliphatic carbocycles. The molecule has 8 aromatic carbocycles. The number of anilines is 3. The number of hydrogen-bond donors (Lipinski definition) is 0. The van der Waals surface area contributed by atoms with Gasteiger partial charge in [-0.2, -0.15) is 10.5 Å². The van der Waals surface area contributed by atoms with Crippen molar-refractivity contribution in [2.75, 3.05) is 4.90 Å². The molecule has 3 nitrogen and oxygen atoms in total. The highest BCUT2D eigenvalue weighted by molar-refractivity contribution is 6.24. The first-order valence-corrected chi connectivity index (χ1v) is 14.2. The lowest BCUT2D eigenvalue weighted by molar-refractivity contribution is 1.31. The van der Waals surface area contributed by atoms with Crippen molar-refractivity contribution in [2.45, 2.75) is 0 Å². The summed E-state index contributed by atoms with van der Waals surface area (Å²) >= 11 is 0. The quantitative estimate of drug-likeness (QED) is 0.163. The van der Waals surface area contributed by atoms with Crippen LogP contribution in [0.25, 0.3) is 59.9 Å². The van der Waals surface area contributed by atoms with Crippen LogP contribution >= 0.6 is 0 Å². The number of allylic oxidation sites excluding steroid dienone is 1. The molecule has 0 saturated carbocycles. The molecule has 0 unspecified atom stereocenters. The van der Waals surface area contributed by atoms with Gasteiger partial charge in [-0.15, -0.1) is 0 Å². The Labute approximate surface area is 248 Å². The van der Waals surface area contributed by atoms with Gasteiger partial charge in [0.15, 0.2) is 0 Å². The molecule has 8 rings (SSSR count). The minimum atomic E-state index is 0.0969. The second-order valence-corrected chi connectivity index (χ2v) is 10.9. The van der Waals surface area contributed by atoms with Gasteiger partial charge in [-0.3, -0.25) is 0 Å². The third kappa shape index (κ3) is 4.04.